The first kappa shape index (κ1) is 16.8. The van der Waals surface area contributed by atoms with Gasteiger partial charge in [-0.05, 0) is 31.4 Å². The zero-order valence-corrected chi connectivity index (χ0v) is 15.0. The van der Waals surface area contributed by atoms with Gasteiger partial charge in [-0.2, -0.15) is 0 Å². The molecule has 1 aliphatic rings. The number of nitrogens with zero attached hydrogens (tertiary/aromatic N) is 2. The quantitative estimate of drug-likeness (QED) is 0.890. The molecule has 0 aliphatic carbocycles. The summed E-state index contributed by atoms with van der Waals surface area (Å²) in [6.07, 6.45) is 1.25. The van der Waals surface area contributed by atoms with E-state index in [4.69, 9.17) is 9.15 Å². The molecular formula is C16H21N3O4S. The highest BCUT2D eigenvalue weighted by atomic mass is 32.2. The van der Waals surface area contributed by atoms with Crippen molar-refractivity contribution in [3.8, 4) is 5.75 Å². The average molecular weight is 351 g/mol. The number of benzene rings is 1. The van der Waals surface area contributed by atoms with Gasteiger partial charge in [0, 0.05) is 12.8 Å². The molecule has 24 heavy (non-hydrogen) atoms. The second-order valence-corrected chi connectivity index (χ2v) is 8.64. The number of para-hydroxylation sites is 1. The lowest BCUT2D eigenvalue weighted by Crippen LogP contribution is -2.25. The third kappa shape index (κ3) is 3.38. The Labute approximate surface area is 141 Å². The minimum absolute atomic E-state index is 0.0779. The van der Waals surface area contributed by atoms with Crippen LogP contribution in [0.1, 0.15) is 39.1 Å². The molecule has 0 saturated heterocycles. The van der Waals surface area contributed by atoms with E-state index >= 15 is 0 Å². The molecule has 2 aromatic rings. The Balaban J connectivity index is 1.88. The molecule has 1 aromatic heterocycles. The average Bonchev–Trinajstić information content (AvgIpc) is 2.98. The van der Waals surface area contributed by atoms with E-state index in [0.29, 0.717) is 30.4 Å². The Morgan fingerprint density at radius 3 is 2.75 bits per heavy atom. The maximum absolute atomic E-state index is 12.7. The zero-order valence-electron chi connectivity index (χ0n) is 14.2. The fourth-order valence-electron chi connectivity index (χ4n) is 2.70. The minimum atomic E-state index is -3.88. The van der Waals surface area contributed by atoms with E-state index in [2.05, 4.69) is 14.9 Å². The van der Waals surface area contributed by atoms with Crippen LogP contribution in [0.3, 0.4) is 0 Å². The first-order valence-corrected chi connectivity index (χ1v) is 9.31. The Morgan fingerprint density at radius 2 is 2.04 bits per heavy atom. The Hall–Kier alpha value is -2.09. The molecule has 3 rings (SSSR count). The maximum atomic E-state index is 12.7. The van der Waals surface area contributed by atoms with E-state index in [-0.39, 0.29) is 10.9 Å². The summed E-state index contributed by atoms with van der Waals surface area (Å²) in [6, 6.07) is 4.95. The van der Waals surface area contributed by atoms with Gasteiger partial charge in [0.15, 0.2) is 0 Å². The molecule has 1 aliphatic heterocycles. The molecule has 0 amide bonds. The maximum Gasteiger partial charge on any atom is 0.329 e. The number of anilines is 1. The minimum Gasteiger partial charge on any atom is -0.486 e. The number of nitrogens with one attached hydrogen (secondary N) is 1. The molecule has 130 valence electrons. The molecule has 0 saturated carbocycles. The van der Waals surface area contributed by atoms with E-state index in [1.54, 1.807) is 6.07 Å². The van der Waals surface area contributed by atoms with E-state index in [9.17, 15) is 8.42 Å². The number of fused-ring (bicyclic) bond motifs is 1. The summed E-state index contributed by atoms with van der Waals surface area (Å²) in [4.78, 5) is 0.0779. The molecule has 1 aromatic carbocycles. The lowest BCUT2D eigenvalue weighted by Gasteiger charge is -2.18. The molecule has 0 atom stereocenters. The van der Waals surface area contributed by atoms with Crippen molar-refractivity contribution in [3.05, 3.63) is 29.7 Å². The highest BCUT2D eigenvalue weighted by Crippen LogP contribution is 2.39. The zero-order chi connectivity index (χ0) is 17.5. The lowest BCUT2D eigenvalue weighted by atomic mass is 10.0. The van der Waals surface area contributed by atoms with Crippen LogP contribution in [0.4, 0.5) is 6.01 Å². The van der Waals surface area contributed by atoms with Crippen molar-refractivity contribution in [2.75, 3.05) is 4.72 Å². The number of hydrogen-bond donors (Lipinski definition) is 1. The highest BCUT2D eigenvalue weighted by molar-refractivity contribution is 7.92. The van der Waals surface area contributed by atoms with Gasteiger partial charge < -0.3 is 9.15 Å². The van der Waals surface area contributed by atoms with Crippen LogP contribution in [-0.2, 0) is 22.9 Å². The first-order chi connectivity index (χ1) is 11.2. The van der Waals surface area contributed by atoms with Gasteiger partial charge in [0.05, 0.1) is 0 Å². The number of hydrogen-bond acceptors (Lipinski definition) is 6. The third-order valence-corrected chi connectivity index (χ3v) is 4.96. The molecule has 7 nitrogen and oxygen atoms in total. The van der Waals surface area contributed by atoms with Crippen molar-refractivity contribution in [3.63, 3.8) is 0 Å². The van der Waals surface area contributed by atoms with Crippen molar-refractivity contribution in [1.29, 1.82) is 0 Å². The molecule has 8 heteroatoms. The number of sulfonamides is 1. The third-order valence-electron chi connectivity index (χ3n) is 3.62. The summed E-state index contributed by atoms with van der Waals surface area (Å²) in [7, 11) is -3.88. The molecular weight excluding hydrogens is 330 g/mol. The Kier molecular flexibility index (Phi) is 4.03. The van der Waals surface area contributed by atoms with E-state index in [1.165, 1.54) is 6.07 Å². The summed E-state index contributed by atoms with van der Waals surface area (Å²) < 4.78 is 38.9. The van der Waals surface area contributed by atoms with Crippen LogP contribution in [0.5, 0.6) is 5.75 Å². The topological polar surface area (TPSA) is 94.3 Å². The summed E-state index contributed by atoms with van der Waals surface area (Å²) >= 11 is 0. The highest BCUT2D eigenvalue weighted by Gasteiger charge is 2.35. The van der Waals surface area contributed by atoms with Crippen molar-refractivity contribution in [2.24, 2.45) is 5.92 Å². The standard InChI is InChI=1S/C16H21N3O4S/c1-10(2)8-13-17-18-15(22-13)19-24(20,21)12-7-5-6-11-9-16(3,4)23-14(11)12/h5-7,10H,8-9H2,1-4H3,(H,18,19). The largest absolute Gasteiger partial charge is 0.486 e. The SMILES string of the molecule is CC(C)Cc1nnc(NS(=O)(=O)c2cccc3c2OC(C)(C)C3)o1. The van der Waals surface area contributed by atoms with Crippen LogP contribution in [0, 0.1) is 5.92 Å². The van der Waals surface area contributed by atoms with Gasteiger partial charge in [0.1, 0.15) is 16.2 Å². The fraction of sp³-hybridized carbons (Fsp3) is 0.500. The number of aromatic nitrogens is 2. The lowest BCUT2D eigenvalue weighted by molar-refractivity contribution is 0.135. The second-order valence-electron chi connectivity index (χ2n) is 6.99. The van der Waals surface area contributed by atoms with Gasteiger partial charge in [-0.3, -0.25) is 0 Å². The van der Waals surface area contributed by atoms with Gasteiger partial charge in [-0.15, -0.1) is 5.10 Å². The van der Waals surface area contributed by atoms with Crippen LogP contribution in [0.2, 0.25) is 0 Å². The van der Waals surface area contributed by atoms with Gasteiger partial charge in [-0.25, -0.2) is 13.1 Å². The molecule has 0 unspecified atom stereocenters. The van der Waals surface area contributed by atoms with Gasteiger partial charge in [0.2, 0.25) is 5.89 Å². The molecule has 0 spiro atoms. The monoisotopic (exact) mass is 351 g/mol. The van der Waals surface area contributed by atoms with Crippen LogP contribution >= 0.6 is 0 Å². The van der Waals surface area contributed by atoms with Crippen LogP contribution in [0.25, 0.3) is 0 Å². The van der Waals surface area contributed by atoms with Crippen molar-refractivity contribution in [1.82, 2.24) is 10.2 Å². The van der Waals surface area contributed by atoms with E-state index in [1.807, 2.05) is 33.8 Å². The predicted octanol–water partition coefficient (Wildman–Crippen LogP) is 2.78. The smallest absolute Gasteiger partial charge is 0.329 e. The summed E-state index contributed by atoms with van der Waals surface area (Å²) in [6.45, 7) is 7.88. The van der Waals surface area contributed by atoms with Crippen molar-refractivity contribution < 1.29 is 17.6 Å². The van der Waals surface area contributed by atoms with Gasteiger partial charge in [-0.1, -0.05) is 31.1 Å². The van der Waals surface area contributed by atoms with Gasteiger partial charge >= 0.3 is 6.01 Å². The summed E-state index contributed by atoms with van der Waals surface area (Å²) in [5.74, 6) is 1.12. The summed E-state index contributed by atoms with van der Waals surface area (Å²) in [5.41, 5.74) is 0.442. The molecule has 0 bridgehead atoms. The summed E-state index contributed by atoms with van der Waals surface area (Å²) in [5, 5.41) is 7.61. The normalized spacial score (nSPS) is 16.0. The van der Waals surface area contributed by atoms with Crippen molar-refractivity contribution in [2.45, 2.75) is 51.0 Å². The first-order valence-electron chi connectivity index (χ1n) is 7.82. The van der Waals surface area contributed by atoms with E-state index in [0.717, 1.165) is 5.56 Å². The Bertz CT molecular complexity index is 856. The second kappa shape index (κ2) is 5.77. The molecule has 0 radical (unpaired) electrons. The van der Waals surface area contributed by atoms with E-state index < -0.39 is 15.6 Å². The molecule has 1 N–H and O–H groups in total. The predicted molar refractivity (Wildman–Crippen MR) is 88.5 cm³/mol. The number of ether oxygens (including phenoxy) is 1. The number of rotatable bonds is 5. The van der Waals surface area contributed by atoms with Crippen LogP contribution < -0.4 is 9.46 Å². The molecule has 0 fully saturated rings. The van der Waals surface area contributed by atoms with Crippen LogP contribution in [-0.4, -0.2) is 24.2 Å². The fourth-order valence-corrected chi connectivity index (χ4v) is 3.79. The van der Waals surface area contributed by atoms with Crippen molar-refractivity contribution >= 4 is 16.0 Å². The van der Waals surface area contributed by atoms with Crippen LogP contribution in [0.15, 0.2) is 27.5 Å². The Morgan fingerprint density at radius 1 is 1.29 bits per heavy atom. The van der Waals surface area contributed by atoms with Gasteiger partial charge in [0.25, 0.3) is 10.0 Å². The molecule has 2 heterocycles.